The topological polar surface area (TPSA) is 47.4 Å². The lowest BCUT2D eigenvalue weighted by atomic mass is 9.90. The summed E-state index contributed by atoms with van der Waals surface area (Å²) in [6.07, 6.45) is 4.07. The van der Waals surface area contributed by atoms with Gasteiger partial charge >= 0.3 is 0 Å². The fourth-order valence-electron chi connectivity index (χ4n) is 5.33. The van der Waals surface area contributed by atoms with E-state index in [0.29, 0.717) is 5.92 Å². The van der Waals surface area contributed by atoms with Crippen LogP contribution in [0.4, 0.5) is 0 Å². The Kier molecular flexibility index (Phi) is 7.75. The summed E-state index contributed by atoms with van der Waals surface area (Å²) in [4.78, 5) is 20.5. The number of hydrogen-bond acceptors (Lipinski definition) is 4. The van der Waals surface area contributed by atoms with Crippen molar-refractivity contribution in [3.63, 3.8) is 0 Å². The van der Waals surface area contributed by atoms with E-state index in [9.17, 15) is 4.79 Å². The van der Waals surface area contributed by atoms with E-state index >= 15 is 0 Å². The quantitative estimate of drug-likeness (QED) is 0.268. The number of nitrogens with zero attached hydrogens (tertiary/aromatic N) is 3. The Morgan fingerprint density at radius 3 is 2.41 bits per heavy atom. The Balaban J connectivity index is 1.32. The molecule has 0 atom stereocenters. The first kappa shape index (κ1) is 25.3. The van der Waals surface area contributed by atoms with Crippen molar-refractivity contribution in [2.45, 2.75) is 46.1 Å². The highest BCUT2D eigenvalue weighted by Gasteiger charge is 2.27. The summed E-state index contributed by atoms with van der Waals surface area (Å²) in [5.74, 6) is 1.64. The first-order valence-corrected chi connectivity index (χ1v) is 14.0. The van der Waals surface area contributed by atoms with Crippen LogP contribution in [0.5, 0.6) is 5.75 Å². The predicted molar refractivity (Wildman–Crippen MR) is 150 cm³/mol. The normalized spacial score (nSPS) is 14.2. The monoisotopic (exact) mass is 513 g/mol. The molecular formula is C31H35N3O2S. The molecule has 1 aliphatic heterocycles. The molecule has 0 aliphatic carbocycles. The number of ether oxygens (including phenoxy) is 1. The summed E-state index contributed by atoms with van der Waals surface area (Å²) in [6.45, 7) is 6.52. The number of likely N-dealkylation sites (tertiary alicyclic amines) is 1. The van der Waals surface area contributed by atoms with E-state index in [-0.39, 0.29) is 5.91 Å². The van der Waals surface area contributed by atoms with Crippen molar-refractivity contribution in [3.05, 3.63) is 93.4 Å². The molecule has 1 amide bonds. The highest BCUT2D eigenvalue weighted by Crippen LogP contribution is 2.30. The molecule has 0 bridgehead atoms. The maximum atomic E-state index is 13.7. The third-order valence-electron chi connectivity index (χ3n) is 7.53. The lowest BCUT2D eigenvalue weighted by Crippen LogP contribution is -2.39. The van der Waals surface area contributed by atoms with Crippen LogP contribution in [0.3, 0.4) is 0 Å². The molecule has 1 fully saturated rings. The number of aromatic nitrogens is 2. The van der Waals surface area contributed by atoms with E-state index in [1.165, 1.54) is 11.1 Å². The van der Waals surface area contributed by atoms with E-state index in [4.69, 9.17) is 9.72 Å². The Bertz CT molecular complexity index is 1330. The van der Waals surface area contributed by atoms with Gasteiger partial charge in [-0.15, -0.1) is 11.3 Å². The van der Waals surface area contributed by atoms with Crippen LogP contribution >= 0.6 is 11.3 Å². The number of carbonyl (C=O) groups is 1. The molecule has 2 aromatic carbocycles. The zero-order chi connectivity index (χ0) is 25.8. The Labute approximate surface area is 223 Å². The van der Waals surface area contributed by atoms with Gasteiger partial charge in [0.05, 0.1) is 29.1 Å². The number of carbonyl (C=O) groups excluding carboxylic acids is 1. The molecule has 0 spiro atoms. The summed E-state index contributed by atoms with van der Waals surface area (Å²) in [6, 6.07) is 21.0. The number of piperidine rings is 1. The Morgan fingerprint density at radius 1 is 1.03 bits per heavy atom. The first-order valence-electron chi connectivity index (χ1n) is 13.1. The minimum atomic E-state index is 0.145. The first-order chi connectivity index (χ1) is 18.0. The van der Waals surface area contributed by atoms with Crippen LogP contribution in [0.15, 0.2) is 66.0 Å². The molecule has 5 rings (SSSR count). The molecule has 6 heteroatoms. The lowest BCUT2D eigenvalue weighted by molar-refractivity contribution is 0.0689. The number of aryl methyl sites for hydroxylation is 2. The SMILES string of the molecule is COc1ccc(CCn2c(-c3csc(C)n3)cc(C(=O)N3CCC(Cc4ccccc4)CC3)c2C)cc1. The second kappa shape index (κ2) is 11.3. The van der Waals surface area contributed by atoms with E-state index < -0.39 is 0 Å². The Morgan fingerprint density at radius 2 is 1.76 bits per heavy atom. The molecule has 5 nitrogen and oxygen atoms in total. The van der Waals surface area contributed by atoms with E-state index in [1.807, 2.05) is 24.0 Å². The van der Waals surface area contributed by atoms with Crippen molar-refractivity contribution in [1.29, 1.82) is 0 Å². The average molecular weight is 514 g/mol. The third kappa shape index (κ3) is 5.80. The zero-order valence-electron chi connectivity index (χ0n) is 21.9. The van der Waals surface area contributed by atoms with E-state index in [2.05, 4.69) is 65.4 Å². The van der Waals surface area contributed by atoms with Gasteiger partial charge in [-0.1, -0.05) is 42.5 Å². The van der Waals surface area contributed by atoms with Gasteiger partial charge in [0.1, 0.15) is 5.75 Å². The average Bonchev–Trinajstić information content (AvgIpc) is 3.51. The molecule has 3 heterocycles. The van der Waals surface area contributed by atoms with Crippen LogP contribution in [-0.4, -0.2) is 40.6 Å². The molecule has 37 heavy (non-hydrogen) atoms. The highest BCUT2D eigenvalue weighted by molar-refractivity contribution is 7.09. The molecule has 1 aliphatic rings. The van der Waals surface area contributed by atoms with Gasteiger partial charge in [-0.3, -0.25) is 4.79 Å². The number of thiazole rings is 1. The van der Waals surface area contributed by atoms with Gasteiger partial charge in [0.15, 0.2) is 0 Å². The number of methoxy groups -OCH3 is 1. The summed E-state index contributed by atoms with van der Waals surface area (Å²) < 4.78 is 7.57. The molecule has 4 aromatic rings. The Hall–Kier alpha value is -3.38. The van der Waals surface area contributed by atoms with Crippen molar-refractivity contribution in [1.82, 2.24) is 14.5 Å². The van der Waals surface area contributed by atoms with Gasteiger partial charge in [0.2, 0.25) is 0 Å². The van der Waals surface area contributed by atoms with E-state index in [0.717, 1.165) is 78.7 Å². The van der Waals surface area contributed by atoms with Crippen molar-refractivity contribution in [2.75, 3.05) is 20.2 Å². The predicted octanol–water partition coefficient (Wildman–Crippen LogP) is 6.57. The molecule has 0 N–H and O–H groups in total. The smallest absolute Gasteiger partial charge is 0.255 e. The van der Waals surface area contributed by atoms with Crippen molar-refractivity contribution >= 4 is 17.2 Å². The summed E-state index contributed by atoms with van der Waals surface area (Å²) >= 11 is 1.65. The fourth-order valence-corrected chi connectivity index (χ4v) is 5.94. The van der Waals surface area contributed by atoms with Gasteiger partial charge < -0.3 is 14.2 Å². The second-order valence-corrected chi connectivity index (χ2v) is 11.0. The molecule has 1 saturated heterocycles. The van der Waals surface area contributed by atoms with Crippen molar-refractivity contribution < 1.29 is 9.53 Å². The lowest BCUT2D eigenvalue weighted by Gasteiger charge is -2.32. The molecular weight excluding hydrogens is 478 g/mol. The minimum absolute atomic E-state index is 0.145. The number of amides is 1. The fraction of sp³-hybridized carbons (Fsp3) is 0.355. The van der Waals surface area contributed by atoms with Gasteiger partial charge in [0, 0.05) is 30.7 Å². The minimum Gasteiger partial charge on any atom is -0.497 e. The number of rotatable bonds is 8. The van der Waals surface area contributed by atoms with Crippen LogP contribution in [0.1, 0.15) is 45.0 Å². The van der Waals surface area contributed by atoms with Crippen LogP contribution in [0.25, 0.3) is 11.4 Å². The summed E-state index contributed by atoms with van der Waals surface area (Å²) in [7, 11) is 1.69. The maximum Gasteiger partial charge on any atom is 0.255 e. The van der Waals surface area contributed by atoms with Crippen LogP contribution in [-0.2, 0) is 19.4 Å². The molecule has 2 aromatic heterocycles. The zero-order valence-corrected chi connectivity index (χ0v) is 22.8. The molecule has 0 unspecified atom stereocenters. The molecule has 192 valence electrons. The van der Waals surface area contributed by atoms with Gasteiger partial charge in [-0.05, 0) is 74.8 Å². The van der Waals surface area contributed by atoms with Gasteiger partial charge in [-0.25, -0.2) is 4.98 Å². The summed E-state index contributed by atoms with van der Waals surface area (Å²) in [5.41, 5.74) is 6.42. The number of benzene rings is 2. The van der Waals surface area contributed by atoms with Crippen molar-refractivity contribution in [3.8, 4) is 17.1 Å². The molecule has 0 radical (unpaired) electrons. The third-order valence-corrected chi connectivity index (χ3v) is 8.30. The van der Waals surface area contributed by atoms with Crippen LogP contribution in [0.2, 0.25) is 0 Å². The van der Waals surface area contributed by atoms with Crippen LogP contribution in [0, 0.1) is 19.8 Å². The largest absolute Gasteiger partial charge is 0.497 e. The van der Waals surface area contributed by atoms with Gasteiger partial charge in [-0.2, -0.15) is 0 Å². The van der Waals surface area contributed by atoms with Crippen molar-refractivity contribution in [2.24, 2.45) is 5.92 Å². The van der Waals surface area contributed by atoms with E-state index in [1.54, 1.807) is 18.4 Å². The maximum absolute atomic E-state index is 13.7. The molecule has 0 saturated carbocycles. The second-order valence-electron chi connectivity index (χ2n) is 9.96. The van der Waals surface area contributed by atoms with Crippen LogP contribution < -0.4 is 4.74 Å². The highest BCUT2D eigenvalue weighted by atomic mass is 32.1. The standard InChI is InChI=1S/C31H35N3O2S/c1-22-28(31(35)33-16-13-26(14-17-33)19-25-7-5-4-6-8-25)20-30(29-21-37-23(2)32-29)34(22)18-15-24-9-11-27(36-3)12-10-24/h4-12,20-21,26H,13-19H2,1-3H3. The number of hydrogen-bond donors (Lipinski definition) is 0. The van der Waals surface area contributed by atoms with Gasteiger partial charge in [0.25, 0.3) is 5.91 Å². The summed E-state index contributed by atoms with van der Waals surface area (Å²) in [5, 5.41) is 3.13.